The molecule has 1 saturated heterocycles. The molecule has 0 unspecified atom stereocenters. The number of halogens is 1. The summed E-state index contributed by atoms with van der Waals surface area (Å²) in [6.07, 6.45) is 0.971. The predicted molar refractivity (Wildman–Crippen MR) is 98.2 cm³/mol. The highest BCUT2D eigenvalue weighted by atomic mass is 35.5. The van der Waals surface area contributed by atoms with Gasteiger partial charge in [0.2, 0.25) is 5.91 Å². The van der Waals surface area contributed by atoms with Gasteiger partial charge >= 0.3 is 0 Å². The van der Waals surface area contributed by atoms with E-state index in [2.05, 4.69) is 10.1 Å². The number of aryl methyl sites for hydroxylation is 1. The van der Waals surface area contributed by atoms with Crippen molar-refractivity contribution >= 4 is 28.2 Å². The summed E-state index contributed by atoms with van der Waals surface area (Å²) in [7, 11) is -1.22. The standard InChI is InChI=1S/C15H27N5O3S.ClH/c1-10(2)14(16)15-17-11(3)18-20(15)9-13(21)19(4)12-5-7-24(22,23)8-6-12;/h10,12,14H,5-9,16H2,1-4H3;1H/t14-;/m0./s1. The van der Waals surface area contributed by atoms with Crippen LogP contribution in [0.2, 0.25) is 0 Å². The van der Waals surface area contributed by atoms with Crippen molar-refractivity contribution in [3.8, 4) is 0 Å². The van der Waals surface area contributed by atoms with Gasteiger partial charge in [-0.05, 0) is 25.7 Å². The van der Waals surface area contributed by atoms with Crippen LogP contribution in [0, 0.1) is 12.8 Å². The second kappa shape index (κ2) is 8.46. The maximum absolute atomic E-state index is 12.6. The number of carbonyl (C=O) groups excluding carboxylic acids is 1. The van der Waals surface area contributed by atoms with Crippen LogP contribution in [0.1, 0.15) is 44.4 Å². The first-order valence-corrected chi connectivity index (χ1v) is 10.1. The quantitative estimate of drug-likeness (QED) is 0.788. The molecule has 2 N–H and O–H groups in total. The molecule has 1 aromatic rings. The zero-order valence-corrected chi connectivity index (χ0v) is 16.8. The zero-order chi connectivity index (χ0) is 18.1. The van der Waals surface area contributed by atoms with Gasteiger partial charge in [0, 0.05) is 13.1 Å². The maximum Gasteiger partial charge on any atom is 0.244 e. The van der Waals surface area contributed by atoms with Gasteiger partial charge in [0.25, 0.3) is 0 Å². The Labute approximate surface area is 155 Å². The van der Waals surface area contributed by atoms with Gasteiger partial charge in [-0.2, -0.15) is 5.10 Å². The summed E-state index contributed by atoms with van der Waals surface area (Å²) in [5.74, 6) is 1.54. The highest BCUT2D eigenvalue weighted by Gasteiger charge is 2.29. The number of nitrogens with two attached hydrogens (primary N) is 1. The molecule has 1 aliphatic heterocycles. The average molecular weight is 394 g/mol. The molecule has 0 aromatic carbocycles. The molecule has 0 radical (unpaired) electrons. The number of sulfone groups is 1. The van der Waals surface area contributed by atoms with E-state index in [1.54, 1.807) is 23.6 Å². The van der Waals surface area contributed by atoms with Gasteiger partial charge in [-0.1, -0.05) is 13.8 Å². The third-order valence-electron chi connectivity index (χ3n) is 4.57. The van der Waals surface area contributed by atoms with E-state index in [-0.39, 0.29) is 54.4 Å². The van der Waals surface area contributed by atoms with Crippen molar-refractivity contribution in [2.75, 3.05) is 18.6 Å². The number of hydrogen-bond donors (Lipinski definition) is 1. The van der Waals surface area contributed by atoms with Crippen LogP contribution in [-0.4, -0.2) is 58.6 Å². The van der Waals surface area contributed by atoms with E-state index in [0.29, 0.717) is 24.5 Å². The first kappa shape index (κ1) is 21.9. The summed E-state index contributed by atoms with van der Waals surface area (Å²) >= 11 is 0. The molecule has 2 rings (SSSR count). The van der Waals surface area contributed by atoms with Gasteiger partial charge in [-0.15, -0.1) is 12.4 Å². The van der Waals surface area contributed by atoms with E-state index in [9.17, 15) is 13.2 Å². The Kier molecular flexibility index (Phi) is 7.40. The molecule has 2 heterocycles. The van der Waals surface area contributed by atoms with E-state index < -0.39 is 9.84 Å². The lowest BCUT2D eigenvalue weighted by atomic mass is 10.1. The van der Waals surface area contributed by atoms with Crippen molar-refractivity contribution in [2.45, 2.75) is 52.2 Å². The van der Waals surface area contributed by atoms with Crippen LogP contribution >= 0.6 is 12.4 Å². The molecule has 144 valence electrons. The fourth-order valence-corrected chi connectivity index (χ4v) is 4.31. The fraction of sp³-hybridized carbons (Fsp3) is 0.800. The molecule has 1 amide bonds. The number of likely N-dealkylation sites (N-methyl/N-ethyl adjacent to an activating group) is 1. The summed E-state index contributed by atoms with van der Waals surface area (Å²) in [4.78, 5) is 18.6. The maximum atomic E-state index is 12.6. The molecule has 10 heteroatoms. The lowest BCUT2D eigenvalue weighted by Crippen LogP contribution is -2.44. The molecule has 0 aliphatic carbocycles. The van der Waals surface area contributed by atoms with E-state index in [4.69, 9.17) is 5.73 Å². The first-order chi connectivity index (χ1) is 11.1. The second-order valence-corrected chi connectivity index (χ2v) is 9.14. The largest absolute Gasteiger partial charge is 0.341 e. The van der Waals surface area contributed by atoms with Crippen LogP contribution in [0.4, 0.5) is 0 Å². The number of hydrogen-bond acceptors (Lipinski definition) is 6. The van der Waals surface area contributed by atoms with Crippen LogP contribution in [-0.2, 0) is 21.2 Å². The van der Waals surface area contributed by atoms with Crippen molar-refractivity contribution in [1.29, 1.82) is 0 Å². The number of carbonyl (C=O) groups is 1. The monoisotopic (exact) mass is 393 g/mol. The molecule has 0 spiro atoms. The lowest BCUT2D eigenvalue weighted by Gasteiger charge is -2.31. The van der Waals surface area contributed by atoms with Crippen molar-refractivity contribution in [1.82, 2.24) is 19.7 Å². The van der Waals surface area contributed by atoms with Crippen LogP contribution in [0.15, 0.2) is 0 Å². The van der Waals surface area contributed by atoms with E-state index in [0.717, 1.165) is 0 Å². The second-order valence-electron chi connectivity index (χ2n) is 6.83. The molecule has 1 aromatic heterocycles. The third kappa shape index (κ3) is 5.39. The van der Waals surface area contributed by atoms with E-state index in [1.165, 1.54) is 0 Å². The minimum Gasteiger partial charge on any atom is -0.341 e. The number of nitrogens with zero attached hydrogens (tertiary/aromatic N) is 4. The Morgan fingerprint density at radius 3 is 2.44 bits per heavy atom. The molecule has 1 fully saturated rings. The third-order valence-corrected chi connectivity index (χ3v) is 6.29. The van der Waals surface area contributed by atoms with Gasteiger partial charge in [0.1, 0.15) is 28.0 Å². The first-order valence-electron chi connectivity index (χ1n) is 8.23. The minimum atomic E-state index is -2.94. The highest BCUT2D eigenvalue weighted by molar-refractivity contribution is 7.91. The van der Waals surface area contributed by atoms with Crippen molar-refractivity contribution in [3.05, 3.63) is 11.6 Å². The van der Waals surface area contributed by atoms with Gasteiger partial charge in [-0.25, -0.2) is 18.1 Å². The Balaban J connectivity index is 0.00000312. The molecule has 8 nitrogen and oxygen atoms in total. The molecule has 1 aliphatic rings. The Morgan fingerprint density at radius 2 is 1.92 bits per heavy atom. The molecule has 0 saturated carbocycles. The number of aromatic nitrogens is 3. The molecule has 1 atom stereocenters. The Bertz CT molecular complexity index is 690. The van der Waals surface area contributed by atoms with Gasteiger partial charge in [0.15, 0.2) is 0 Å². The predicted octanol–water partition coefficient (Wildman–Crippen LogP) is 0.700. The van der Waals surface area contributed by atoms with Crippen LogP contribution < -0.4 is 5.73 Å². The summed E-state index contributed by atoms with van der Waals surface area (Å²) in [6, 6.07) is -0.336. The van der Waals surface area contributed by atoms with Gasteiger partial charge in [-0.3, -0.25) is 4.79 Å². The normalized spacial score (nSPS) is 18.6. The summed E-state index contributed by atoms with van der Waals surface area (Å²) < 4.78 is 24.6. The van der Waals surface area contributed by atoms with Crippen LogP contribution in [0.3, 0.4) is 0 Å². The van der Waals surface area contributed by atoms with Gasteiger partial charge in [0.05, 0.1) is 17.5 Å². The average Bonchev–Trinajstić information content (AvgIpc) is 2.86. The van der Waals surface area contributed by atoms with E-state index in [1.807, 2.05) is 13.8 Å². The van der Waals surface area contributed by atoms with Crippen molar-refractivity contribution in [2.24, 2.45) is 11.7 Å². The highest BCUT2D eigenvalue weighted by Crippen LogP contribution is 2.19. The molecule has 0 bridgehead atoms. The van der Waals surface area contributed by atoms with Crippen molar-refractivity contribution in [3.63, 3.8) is 0 Å². The smallest absolute Gasteiger partial charge is 0.244 e. The molecule has 25 heavy (non-hydrogen) atoms. The number of amides is 1. The molecular weight excluding hydrogens is 366 g/mol. The topological polar surface area (TPSA) is 111 Å². The fourth-order valence-electron chi connectivity index (χ4n) is 2.84. The summed E-state index contributed by atoms with van der Waals surface area (Å²) in [5.41, 5.74) is 6.16. The minimum absolute atomic E-state index is 0. The lowest BCUT2D eigenvalue weighted by molar-refractivity contribution is -0.133. The Morgan fingerprint density at radius 1 is 1.36 bits per heavy atom. The molecular formula is C15H28ClN5O3S. The number of rotatable bonds is 5. The summed E-state index contributed by atoms with van der Waals surface area (Å²) in [5, 5.41) is 4.29. The summed E-state index contributed by atoms with van der Waals surface area (Å²) in [6.45, 7) is 5.83. The van der Waals surface area contributed by atoms with Crippen LogP contribution in [0.25, 0.3) is 0 Å². The van der Waals surface area contributed by atoms with Gasteiger partial charge < -0.3 is 10.6 Å². The van der Waals surface area contributed by atoms with E-state index >= 15 is 0 Å². The van der Waals surface area contributed by atoms with Crippen molar-refractivity contribution < 1.29 is 13.2 Å². The zero-order valence-electron chi connectivity index (χ0n) is 15.2. The SMILES string of the molecule is Cc1nc([C@@H](N)C(C)C)n(CC(=O)N(C)C2CCS(=O)(=O)CC2)n1.Cl. The Hall–Kier alpha value is -1.19. The van der Waals surface area contributed by atoms with Crippen LogP contribution in [0.5, 0.6) is 0 Å².